The normalized spacial score (nSPS) is 13.0. The molecule has 1 aliphatic carbocycles. The summed E-state index contributed by atoms with van der Waals surface area (Å²) in [6.45, 7) is 2.08. The van der Waals surface area contributed by atoms with Crippen LogP contribution in [0.2, 0.25) is 0 Å². The van der Waals surface area contributed by atoms with Gasteiger partial charge in [0.15, 0.2) is 0 Å². The van der Waals surface area contributed by atoms with E-state index in [0.717, 1.165) is 22.3 Å². The monoisotopic (exact) mass is 363 g/mol. The minimum absolute atomic E-state index is 0.0446. The van der Waals surface area contributed by atoms with Gasteiger partial charge >= 0.3 is 12.1 Å². The fourth-order valence-corrected chi connectivity index (χ4v) is 3.34. The van der Waals surface area contributed by atoms with E-state index in [0.29, 0.717) is 0 Å². The van der Waals surface area contributed by atoms with E-state index < -0.39 is 18.1 Å². The Labute approximate surface area is 158 Å². The lowest BCUT2D eigenvalue weighted by Gasteiger charge is -2.17. The van der Waals surface area contributed by atoms with Gasteiger partial charge in [-0.25, -0.2) is 9.59 Å². The fourth-order valence-electron chi connectivity index (χ4n) is 3.34. The van der Waals surface area contributed by atoms with Crippen molar-refractivity contribution in [1.29, 1.82) is 0 Å². The second-order valence-corrected chi connectivity index (χ2v) is 6.18. The average molecular weight is 363 g/mol. The van der Waals surface area contributed by atoms with E-state index in [9.17, 15) is 9.59 Å². The highest BCUT2D eigenvalue weighted by atomic mass is 16.6. The number of hydrogen-bond acceptors (Lipinski definition) is 4. The molecule has 1 unspecified atom stereocenters. The molecular formula is C22H21NO4. The van der Waals surface area contributed by atoms with Crippen LogP contribution in [0.5, 0.6) is 0 Å². The lowest BCUT2D eigenvalue weighted by molar-refractivity contribution is -0.145. The molecule has 2 aromatic rings. The zero-order valence-corrected chi connectivity index (χ0v) is 15.1. The van der Waals surface area contributed by atoms with Crippen LogP contribution in [0.25, 0.3) is 11.1 Å². The van der Waals surface area contributed by atoms with E-state index in [1.807, 2.05) is 36.4 Å². The largest absolute Gasteiger partial charge is 0.464 e. The Morgan fingerprint density at radius 1 is 1.07 bits per heavy atom. The molecule has 1 N–H and O–H groups in total. The Morgan fingerprint density at radius 3 is 2.22 bits per heavy atom. The first-order valence-electron chi connectivity index (χ1n) is 8.87. The molecule has 27 heavy (non-hydrogen) atoms. The molecule has 0 bridgehead atoms. The van der Waals surface area contributed by atoms with Crippen molar-refractivity contribution in [1.82, 2.24) is 5.32 Å². The topological polar surface area (TPSA) is 64.6 Å². The average Bonchev–Trinajstić information content (AvgIpc) is 3.00. The molecule has 1 amide bonds. The van der Waals surface area contributed by atoms with Crippen LogP contribution in [0.4, 0.5) is 4.79 Å². The van der Waals surface area contributed by atoms with E-state index in [1.165, 1.54) is 0 Å². The van der Waals surface area contributed by atoms with Crippen molar-refractivity contribution >= 4 is 12.1 Å². The maximum atomic E-state index is 12.2. The van der Waals surface area contributed by atoms with Gasteiger partial charge in [0.2, 0.25) is 0 Å². The molecule has 0 radical (unpaired) electrons. The molecule has 5 nitrogen and oxygen atoms in total. The fraction of sp³-hybridized carbons (Fsp3) is 0.273. The first-order chi connectivity index (χ1) is 13.2. The van der Waals surface area contributed by atoms with Crippen LogP contribution in [0.3, 0.4) is 0 Å². The van der Waals surface area contributed by atoms with E-state index in [-0.39, 0.29) is 25.6 Å². The molecular weight excluding hydrogens is 342 g/mol. The number of amides is 1. The summed E-state index contributed by atoms with van der Waals surface area (Å²) in [7, 11) is 0. The number of alkyl carbamates (subject to hydrolysis) is 1. The zero-order chi connectivity index (χ0) is 19.2. The highest BCUT2D eigenvalue weighted by Crippen LogP contribution is 2.44. The van der Waals surface area contributed by atoms with Gasteiger partial charge in [0.25, 0.3) is 0 Å². The van der Waals surface area contributed by atoms with Crippen molar-refractivity contribution in [2.24, 2.45) is 0 Å². The molecule has 138 valence electrons. The smallest absolute Gasteiger partial charge is 0.407 e. The quantitative estimate of drug-likeness (QED) is 0.630. The highest BCUT2D eigenvalue weighted by Gasteiger charge is 2.29. The molecule has 2 aromatic carbocycles. The maximum absolute atomic E-state index is 12.2. The summed E-state index contributed by atoms with van der Waals surface area (Å²) in [5.41, 5.74) is 4.55. The van der Waals surface area contributed by atoms with Crippen molar-refractivity contribution in [3.63, 3.8) is 0 Å². The third-order valence-corrected chi connectivity index (χ3v) is 4.53. The third-order valence-electron chi connectivity index (χ3n) is 4.53. The predicted octanol–water partition coefficient (Wildman–Crippen LogP) is 3.48. The maximum Gasteiger partial charge on any atom is 0.407 e. The summed E-state index contributed by atoms with van der Waals surface area (Å²) in [5, 5.41) is 2.50. The number of carbonyl (C=O) groups is 2. The number of ether oxygens (including phenoxy) is 2. The second kappa shape index (κ2) is 8.41. The molecule has 0 fully saturated rings. The van der Waals surface area contributed by atoms with Crippen molar-refractivity contribution < 1.29 is 19.1 Å². The van der Waals surface area contributed by atoms with E-state index in [2.05, 4.69) is 23.4 Å². The van der Waals surface area contributed by atoms with Gasteiger partial charge in [-0.1, -0.05) is 48.5 Å². The highest BCUT2D eigenvalue weighted by molar-refractivity contribution is 5.82. The Morgan fingerprint density at radius 2 is 1.67 bits per heavy atom. The summed E-state index contributed by atoms with van der Waals surface area (Å²) < 4.78 is 10.3. The number of nitrogens with one attached hydrogen (secondary N) is 1. The van der Waals surface area contributed by atoms with E-state index in [4.69, 9.17) is 15.9 Å². The molecule has 0 spiro atoms. The van der Waals surface area contributed by atoms with Crippen molar-refractivity contribution in [3.05, 3.63) is 59.7 Å². The van der Waals surface area contributed by atoms with Crippen LogP contribution < -0.4 is 5.32 Å². The summed E-state index contributed by atoms with van der Waals surface area (Å²) in [6, 6.07) is 15.2. The van der Waals surface area contributed by atoms with Gasteiger partial charge in [0, 0.05) is 12.3 Å². The summed E-state index contributed by atoms with van der Waals surface area (Å²) in [5.74, 6) is 1.75. The van der Waals surface area contributed by atoms with Gasteiger partial charge in [-0.15, -0.1) is 12.3 Å². The number of hydrogen-bond donors (Lipinski definition) is 1. The Kier molecular flexibility index (Phi) is 5.77. The molecule has 0 aliphatic heterocycles. The van der Waals surface area contributed by atoms with E-state index in [1.54, 1.807) is 6.92 Å². The van der Waals surface area contributed by atoms with Crippen LogP contribution in [0.15, 0.2) is 48.5 Å². The lowest BCUT2D eigenvalue weighted by Crippen LogP contribution is -2.42. The van der Waals surface area contributed by atoms with Crippen LogP contribution in [-0.2, 0) is 14.3 Å². The molecule has 0 saturated carbocycles. The molecule has 0 aromatic heterocycles. The van der Waals surface area contributed by atoms with Crippen LogP contribution in [-0.4, -0.2) is 31.3 Å². The van der Waals surface area contributed by atoms with Gasteiger partial charge in [-0.2, -0.15) is 0 Å². The summed E-state index contributed by atoms with van der Waals surface area (Å²) >= 11 is 0. The van der Waals surface area contributed by atoms with Gasteiger partial charge < -0.3 is 14.8 Å². The number of benzene rings is 2. The number of terminal acetylenes is 1. The first-order valence-corrected chi connectivity index (χ1v) is 8.87. The van der Waals surface area contributed by atoms with Gasteiger partial charge in [-0.05, 0) is 29.2 Å². The van der Waals surface area contributed by atoms with Crippen molar-refractivity contribution in [2.45, 2.75) is 25.3 Å². The van der Waals surface area contributed by atoms with Gasteiger partial charge in [0.1, 0.15) is 12.6 Å². The molecule has 1 atom stereocenters. The summed E-state index contributed by atoms with van der Waals surface area (Å²) in [6.07, 6.45) is 4.62. The Balaban J connectivity index is 1.69. The number of rotatable bonds is 6. The number of carbonyl (C=O) groups excluding carboxylic acids is 2. The van der Waals surface area contributed by atoms with Crippen molar-refractivity contribution in [2.75, 3.05) is 13.2 Å². The third kappa shape index (κ3) is 3.95. The zero-order valence-electron chi connectivity index (χ0n) is 15.1. The lowest BCUT2D eigenvalue weighted by atomic mass is 9.98. The number of fused-ring (bicyclic) bond motifs is 3. The molecule has 1 aliphatic rings. The predicted molar refractivity (Wildman–Crippen MR) is 102 cm³/mol. The van der Waals surface area contributed by atoms with E-state index >= 15 is 0 Å². The standard InChI is InChI=1S/C22H21NO4/c1-3-9-20(21(24)26-4-2)23-22(25)27-14-19-17-12-7-5-10-15(17)16-11-6-8-13-18(16)19/h1,5-8,10-13,19-20H,4,9,14H2,2H3,(H,23,25). The minimum atomic E-state index is -0.911. The van der Waals surface area contributed by atoms with Crippen molar-refractivity contribution in [3.8, 4) is 23.5 Å². The number of esters is 1. The second-order valence-electron chi connectivity index (χ2n) is 6.18. The first kappa shape index (κ1) is 18.5. The SMILES string of the molecule is C#CCC(NC(=O)OCC1c2ccccc2-c2ccccc21)C(=O)OCC. The molecule has 0 saturated heterocycles. The Hall–Kier alpha value is -3.26. The van der Waals surface area contributed by atoms with Crippen LogP contribution >= 0.6 is 0 Å². The molecule has 3 rings (SSSR count). The minimum Gasteiger partial charge on any atom is -0.464 e. The molecule has 5 heteroatoms. The van der Waals surface area contributed by atoms with Gasteiger partial charge in [0.05, 0.1) is 6.61 Å². The molecule has 0 heterocycles. The summed E-state index contributed by atoms with van der Waals surface area (Å²) in [4.78, 5) is 24.1. The van der Waals surface area contributed by atoms with Gasteiger partial charge in [-0.3, -0.25) is 0 Å². The Bertz CT molecular complexity index is 838. The van der Waals surface area contributed by atoms with Crippen LogP contribution in [0.1, 0.15) is 30.4 Å². The van der Waals surface area contributed by atoms with Crippen LogP contribution in [0, 0.1) is 12.3 Å².